The molecule has 1 amide bonds. The highest BCUT2D eigenvalue weighted by molar-refractivity contribution is 6.42. The Bertz CT molecular complexity index is 468. The zero-order valence-corrected chi connectivity index (χ0v) is 13.6. The van der Waals surface area contributed by atoms with Crippen LogP contribution in [0.25, 0.3) is 0 Å². The Kier molecular flexibility index (Phi) is 7.10. The Morgan fingerprint density at radius 3 is 2.80 bits per heavy atom. The van der Waals surface area contributed by atoms with Crippen LogP contribution >= 0.6 is 35.6 Å². The third-order valence-electron chi connectivity index (χ3n) is 3.46. The number of piperidine rings is 1. The lowest BCUT2D eigenvalue weighted by atomic mass is 9.99. The van der Waals surface area contributed by atoms with E-state index in [1.807, 2.05) is 6.07 Å². The number of hydrogen-bond acceptors (Lipinski definition) is 2. The van der Waals surface area contributed by atoms with Crippen molar-refractivity contribution in [3.8, 4) is 0 Å². The summed E-state index contributed by atoms with van der Waals surface area (Å²) in [5.74, 6) is 0.0268. The summed E-state index contributed by atoms with van der Waals surface area (Å²) in [6.07, 6.45) is 2.46. The lowest BCUT2D eigenvalue weighted by Crippen LogP contribution is -2.52. The van der Waals surface area contributed by atoms with Crippen molar-refractivity contribution in [1.82, 2.24) is 10.6 Å². The molecular formula is C14H19Cl3N2O. The molecule has 0 radical (unpaired) electrons. The summed E-state index contributed by atoms with van der Waals surface area (Å²) < 4.78 is 0. The van der Waals surface area contributed by atoms with Crippen molar-refractivity contribution in [3.05, 3.63) is 33.8 Å². The SMILES string of the molecule is CC1NCCCC1NC(=O)Cc1ccc(Cl)c(Cl)c1.Cl. The number of carbonyl (C=O) groups excluding carboxylic acids is 1. The van der Waals surface area contributed by atoms with Gasteiger partial charge in [0.15, 0.2) is 0 Å². The maximum atomic E-state index is 12.0. The van der Waals surface area contributed by atoms with Crippen molar-refractivity contribution in [1.29, 1.82) is 0 Å². The molecule has 0 aliphatic carbocycles. The van der Waals surface area contributed by atoms with E-state index in [1.165, 1.54) is 0 Å². The first kappa shape index (κ1) is 17.6. The van der Waals surface area contributed by atoms with Crippen molar-refractivity contribution in [2.24, 2.45) is 0 Å². The third kappa shape index (κ3) is 4.81. The van der Waals surface area contributed by atoms with E-state index < -0.39 is 0 Å². The average molecular weight is 338 g/mol. The van der Waals surface area contributed by atoms with E-state index in [0.29, 0.717) is 22.5 Å². The molecule has 1 aromatic carbocycles. The van der Waals surface area contributed by atoms with Gasteiger partial charge >= 0.3 is 0 Å². The molecule has 0 bridgehead atoms. The summed E-state index contributed by atoms with van der Waals surface area (Å²) in [6.45, 7) is 3.13. The molecular weight excluding hydrogens is 319 g/mol. The Labute approximate surface area is 135 Å². The van der Waals surface area contributed by atoms with Crippen LogP contribution in [0, 0.1) is 0 Å². The Hall–Kier alpha value is -0.480. The molecule has 0 aromatic heterocycles. The van der Waals surface area contributed by atoms with Gasteiger partial charge in [0.05, 0.1) is 16.5 Å². The molecule has 1 fully saturated rings. The molecule has 1 saturated heterocycles. The fraction of sp³-hybridized carbons (Fsp3) is 0.500. The summed E-state index contributed by atoms with van der Waals surface area (Å²) in [5.41, 5.74) is 0.878. The normalized spacial score (nSPS) is 21.9. The van der Waals surface area contributed by atoms with Crippen molar-refractivity contribution >= 4 is 41.5 Å². The van der Waals surface area contributed by atoms with Crippen LogP contribution < -0.4 is 10.6 Å². The zero-order chi connectivity index (χ0) is 13.8. The molecule has 2 unspecified atom stereocenters. The fourth-order valence-electron chi connectivity index (χ4n) is 2.33. The summed E-state index contributed by atoms with van der Waals surface area (Å²) in [4.78, 5) is 12.0. The van der Waals surface area contributed by atoms with Crippen molar-refractivity contribution in [3.63, 3.8) is 0 Å². The molecule has 2 N–H and O–H groups in total. The Morgan fingerprint density at radius 1 is 1.40 bits per heavy atom. The minimum atomic E-state index is 0. The van der Waals surface area contributed by atoms with Crippen LogP contribution in [-0.2, 0) is 11.2 Å². The number of nitrogens with one attached hydrogen (secondary N) is 2. The van der Waals surface area contributed by atoms with Gasteiger partial charge in [-0.25, -0.2) is 0 Å². The molecule has 1 aromatic rings. The highest BCUT2D eigenvalue weighted by atomic mass is 35.5. The molecule has 0 saturated carbocycles. The van der Waals surface area contributed by atoms with Crippen molar-refractivity contribution in [2.45, 2.75) is 38.3 Å². The topological polar surface area (TPSA) is 41.1 Å². The van der Waals surface area contributed by atoms with Crippen LogP contribution in [0.15, 0.2) is 18.2 Å². The number of halogens is 3. The maximum Gasteiger partial charge on any atom is 0.224 e. The highest BCUT2D eigenvalue weighted by Crippen LogP contribution is 2.22. The molecule has 112 valence electrons. The van der Waals surface area contributed by atoms with Gasteiger partial charge < -0.3 is 10.6 Å². The van der Waals surface area contributed by atoms with Gasteiger partial charge in [-0.05, 0) is 44.0 Å². The van der Waals surface area contributed by atoms with E-state index in [4.69, 9.17) is 23.2 Å². The lowest BCUT2D eigenvalue weighted by molar-refractivity contribution is -0.121. The number of amides is 1. The average Bonchev–Trinajstić information content (AvgIpc) is 2.37. The van der Waals surface area contributed by atoms with E-state index in [0.717, 1.165) is 24.9 Å². The van der Waals surface area contributed by atoms with Crippen LogP contribution in [0.4, 0.5) is 0 Å². The lowest BCUT2D eigenvalue weighted by Gasteiger charge is -2.30. The molecule has 2 rings (SSSR count). The molecule has 20 heavy (non-hydrogen) atoms. The Balaban J connectivity index is 0.00000200. The van der Waals surface area contributed by atoms with Gasteiger partial charge in [0.1, 0.15) is 0 Å². The molecule has 6 heteroatoms. The summed E-state index contributed by atoms with van der Waals surface area (Å²) in [7, 11) is 0. The molecule has 1 heterocycles. The van der Waals surface area contributed by atoms with E-state index in [1.54, 1.807) is 12.1 Å². The molecule has 1 aliphatic rings. The van der Waals surface area contributed by atoms with Gasteiger partial charge in [-0.1, -0.05) is 29.3 Å². The number of benzene rings is 1. The van der Waals surface area contributed by atoms with Gasteiger partial charge in [-0.2, -0.15) is 0 Å². The molecule has 0 spiro atoms. The standard InChI is InChI=1S/C14H18Cl2N2O.ClH/c1-9-13(3-2-6-17-9)18-14(19)8-10-4-5-11(15)12(16)7-10;/h4-5,7,9,13,17H,2-3,6,8H2,1H3,(H,18,19);1H. The van der Waals surface area contributed by atoms with Crippen LogP contribution in [0.5, 0.6) is 0 Å². The summed E-state index contributed by atoms with van der Waals surface area (Å²) in [5, 5.41) is 7.43. The minimum absolute atomic E-state index is 0. The van der Waals surface area contributed by atoms with E-state index in [-0.39, 0.29) is 24.4 Å². The second-order valence-electron chi connectivity index (χ2n) is 4.98. The largest absolute Gasteiger partial charge is 0.352 e. The van der Waals surface area contributed by atoms with Gasteiger partial charge in [-0.3, -0.25) is 4.79 Å². The van der Waals surface area contributed by atoms with E-state index >= 15 is 0 Å². The van der Waals surface area contributed by atoms with Gasteiger partial charge in [0.2, 0.25) is 5.91 Å². The van der Waals surface area contributed by atoms with Crippen LogP contribution in [0.3, 0.4) is 0 Å². The van der Waals surface area contributed by atoms with E-state index in [2.05, 4.69) is 17.6 Å². The van der Waals surface area contributed by atoms with Gasteiger partial charge in [0.25, 0.3) is 0 Å². The first-order chi connectivity index (χ1) is 9.06. The second-order valence-corrected chi connectivity index (χ2v) is 5.80. The summed E-state index contributed by atoms with van der Waals surface area (Å²) in [6, 6.07) is 5.83. The highest BCUT2D eigenvalue weighted by Gasteiger charge is 2.22. The Morgan fingerprint density at radius 2 is 2.15 bits per heavy atom. The predicted octanol–water partition coefficient (Wildman–Crippen LogP) is 3.21. The number of rotatable bonds is 3. The fourth-order valence-corrected chi connectivity index (χ4v) is 2.65. The summed E-state index contributed by atoms with van der Waals surface area (Å²) >= 11 is 11.8. The first-order valence-corrected chi connectivity index (χ1v) is 7.28. The number of hydrogen-bond donors (Lipinski definition) is 2. The molecule has 2 atom stereocenters. The van der Waals surface area contributed by atoms with Crippen molar-refractivity contribution in [2.75, 3.05) is 6.54 Å². The maximum absolute atomic E-state index is 12.0. The quantitative estimate of drug-likeness (QED) is 0.889. The van der Waals surface area contributed by atoms with Gasteiger partial charge in [0, 0.05) is 12.1 Å². The van der Waals surface area contributed by atoms with Crippen LogP contribution in [-0.4, -0.2) is 24.5 Å². The van der Waals surface area contributed by atoms with Gasteiger partial charge in [-0.15, -0.1) is 12.4 Å². The first-order valence-electron chi connectivity index (χ1n) is 6.53. The zero-order valence-electron chi connectivity index (χ0n) is 11.3. The van der Waals surface area contributed by atoms with E-state index in [9.17, 15) is 4.79 Å². The molecule has 3 nitrogen and oxygen atoms in total. The monoisotopic (exact) mass is 336 g/mol. The second kappa shape index (κ2) is 8.08. The van der Waals surface area contributed by atoms with Crippen molar-refractivity contribution < 1.29 is 4.79 Å². The minimum Gasteiger partial charge on any atom is -0.352 e. The molecule has 1 aliphatic heterocycles. The van der Waals surface area contributed by atoms with Crippen LogP contribution in [0.1, 0.15) is 25.3 Å². The van der Waals surface area contributed by atoms with Crippen LogP contribution in [0.2, 0.25) is 10.0 Å². The number of carbonyl (C=O) groups is 1. The smallest absolute Gasteiger partial charge is 0.224 e. The predicted molar refractivity (Wildman–Crippen MR) is 86.0 cm³/mol. The third-order valence-corrected chi connectivity index (χ3v) is 4.20.